The summed E-state index contributed by atoms with van der Waals surface area (Å²) in [6.07, 6.45) is 2.39. The molecule has 0 atom stereocenters. The van der Waals surface area contributed by atoms with Crippen LogP contribution >= 0.6 is 12.2 Å². The molecule has 0 aliphatic carbocycles. The summed E-state index contributed by atoms with van der Waals surface area (Å²) in [7, 11) is 6.23. The average molecular weight is 366 g/mol. The van der Waals surface area contributed by atoms with Crippen LogP contribution in [0.1, 0.15) is 12.0 Å². The first-order chi connectivity index (χ1) is 12.1. The van der Waals surface area contributed by atoms with Gasteiger partial charge in [-0.2, -0.15) is 0 Å². The molecule has 1 saturated heterocycles. The van der Waals surface area contributed by atoms with Crippen molar-refractivity contribution in [1.82, 2.24) is 10.2 Å². The van der Waals surface area contributed by atoms with E-state index in [4.69, 9.17) is 31.2 Å². The third-order valence-electron chi connectivity index (χ3n) is 3.73. The lowest BCUT2D eigenvalue weighted by Crippen LogP contribution is -2.32. The molecule has 25 heavy (non-hydrogen) atoms. The SMILES string of the molecule is COCCCN1C(=O)/C(=C\c2ccc(OC)c(OC)c2OC)NC1=S. The monoisotopic (exact) mass is 366 g/mol. The smallest absolute Gasteiger partial charge is 0.276 e. The molecule has 1 aliphatic heterocycles. The van der Waals surface area contributed by atoms with Crippen LogP contribution in [-0.4, -0.2) is 57.5 Å². The Kier molecular flexibility index (Phi) is 6.60. The van der Waals surface area contributed by atoms with Crippen LogP contribution in [0.5, 0.6) is 17.2 Å². The number of nitrogens with zero attached hydrogens (tertiary/aromatic N) is 1. The lowest BCUT2D eigenvalue weighted by molar-refractivity contribution is -0.122. The normalized spacial score (nSPS) is 15.5. The highest BCUT2D eigenvalue weighted by Gasteiger charge is 2.30. The Hall–Kier alpha value is -2.32. The van der Waals surface area contributed by atoms with Crippen molar-refractivity contribution in [3.05, 3.63) is 23.4 Å². The van der Waals surface area contributed by atoms with E-state index < -0.39 is 0 Å². The maximum atomic E-state index is 12.6. The summed E-state index contributed by atoms with van der Waals surface area (Å²) in [6, 6.07) is 3.54. The van der Waals surface area contributed by atoms with Crippen molar-refractivity contribution in [2.24, 2.45) is 0 Å². The number of thiocarbonyl (C=S) groups is 1. The Labute approximate surface area is 152 Å². The molecule has 1 aromatic carbocycles. The van der Waals surface area contributed by atoms with Crippen LogP contribution in [0.15, 0.2) is 17.8 Å². The van der Waals surface area contributed by atoms with Gasteiger partial charge in [-0.1, -0.05) is 0 Å². The van der Waals surface area contributed by atoms with E-state index in [1.807, 2.05) is 0 Å². The van der Waals surface area contributed by atoms with Crippen molar-refractivity contribution in [3.63, 3.8) is 0 Å². The van der Waals surface area contributed by atoms with Gasteiger partial charge in [-0.05, 0) is 36.8 Å². The number of benzene rings is 1. The molecular weight excluding hydrogens is 344 g/mol. The number of ether oxygens (including phenoxy) is 4. The van der Waals surface area contributed by atoms with Gasteiger partial charge >= 0.3 is 0 Å². The van der Waals surface area contributed by atoms with Gasteiger partial charge in [-0.3, -0.25) is 9.69 Å². The maximum absolute atomic E-state index is 12.6. The van der Waals surface area contributed by atoms with Crippen molar-refractivity contribution in [3.8, 4) is 17.2 Å². The van der Waals surface area contributed by atoms with Gasteiger partial charge in [0.05, 0.1) is 21.3 Å². The molecule has 1 aliphatic rings. The number of methoxy groups -OCH3 is 4. The molecule has 1 aromatic rings. The minimum atomic E-state index is -0.182. The molecule has 1 fully saturated rings. The second-order valence-corrected chi connectivity index (χ2v) is 5.60. The Morgan fingerprint density at radius 1 is 1.12 bits per heavy atom. The zero-order valence-electron chi connectivity index (χ0n) is 14.8. The molecule has 0 spiro atoms. The molecule has 136 valence electrons. The highest BCUT2D eigenvalue weighted by molar-refractivity contribution is 7.80. The van der Waals surface area contributed by atoms with Crippen molar-refractivity contribution >= 4 is 29.3 Å². The molecule has 0 saturated carbocycles. The molecule has 0 radical (unpaired) electrons. The maximum Gasteiger partial charge on any atom is 0.276 e. The number of nitrogens with one attached hydrogen (secondary N) is 1. The van der Waals surface area contributed by atoms with E-state index in [9.17, 15) is 4.79 Å². The van der Waals surface area contributed by atoms with Gasteiger partial charge in [0.25, 0.3) is 5.91 Å². The van der Waals surface area contributed by atoms with Crippen LogP contribution in [0.4, 0.5) is 0 Å². The van der Waals surface area contributed by atoms with Crippen LogP contribution in [0.2, 0.25) is 0 Å². The lowest BCUT2D eigenvalue weighted by Gasteiger charge is -2.14. The van der Waals surface area contributed by atoms with E-state index in [0.717, 1.165) is 0 Å². The molecule has 1 N–H and O–H groups in total. The lowest BCUT2D eigenvalue weighted by atomic mass is 10.1. The zero-order chi connectivity index (χ0) is 18.4. The predicted octanol–water partition coefficient (Wildman–Crippen LogP) is 1.81. The summed E-state index contributed by atoms with van der Waals surface area (Å²) in [5.41, 5.74) is 1.06. The number of carbonyl (C=O) groups is 1. The van der Waals surface area contributed by atoms with Crippen LogP contribution in [0, 0.1) is 0 Å². The molecular formula is C17H22N2O5S. The quantitative estimate of drug-likeness (QED) is 0.427. The van der Waals surface area contributed by atoms with Crippen LogP contribution in [0.25, 0.3) is 6.08 Å². The number of hydrogen-bond acceptors (Lipinski definition) is 6. The third kappa shape index (κ3) is 4.02. The van der Waals surface area contributed by atoms with Gasteiger partial charge in [-0.15, -0.1) is 0 Å². The summed E-state index contributed by atoms with van der Waals surface area (Å²) in [5, 5.41) is 3.33. The molecule has 8 heteroatoms. The molecule has 0 bridgehead atoms. The Morgan fingerprint density at radius 2 is 1.84 bits per heavy atom. The highest BCUT2D eigenvalue weighted by Crippen LogP contribution is 2.40. The first-order valence-electron chi connectivity index (χ1n) is 7.69. The number of amides is 1. The molecule has 1 heterocycles. The largest absolute Gasteiger partial charge is 0.493 e. The van der Waals surface area contributed by atoms with Crippen molar-refractivity contribution < 1.29 is 23.7 Å². The summed E-state index contributed by atoms with van der Waals surface area (Å²) in [6.45, 7) is 1.06. The fraction of sp³-hybridized carbons (Fsp3) is 0.412. The second-order valence-electron chi connectivity index (χ2n) is 5.21. The summed E-state index contributed by atoms with van der Waals surface area (Å²) < 4.78 is 21.1. The van der Waals surface area contributed by atoms with E-state index in [0.29, 0.717) is 53.2 Å². The van der Waals surface area contributed by atoms with Gasteiger partial charge in [-0.25, -0.2) is 0 Å². The van der Waals surface area contributed by atoms with Crippen LogP contribution in [-0.2, 0) is 9.53 Å². The van der Waals surface area contributed by atoms with E-state index >= 15 is 0 Å². The third-order valence-corrected chi connectivity index (χ3v) is 4.05. The minimum Gasteiger partial charge on any atom is -0.493 e. The van der Waals surface area contributed by atoms with E-state index in [1.54, 1.807) is 32.4 Å². The number of hydrogen-bond donors (Lipinski definition) is 1. The zero-order valence-corrected chi connectivity index (χ0v) is 15.6. The Morgan fingerprint density at radius 3 is 2.44 bits per heavy atom. The predicted molar refractivity (Wildman–Crippen MR) is 98.0 cm³/mol. The molecule has 7 nitrogen and oxygen atoms in total. The van der Waals surface area contributed by atoms with Crippen LogP contribution in [0.3, 0.4) is 0 Å². The fourth-order valence-corrected chi connectivity index (χ4v) is 2.82. The average Bonchev–Trinajstić information content (AvgIpc) is 2.88. The van der Waals surface area contributed by atoms with Gasteiger partial charge < -0.3 is 24.3 Å². The molecule has 0 unspecified atom stereocenters. The summed E-state index contributed by atoms with van der Waals surface area (Å²) >= 11 is 5.25. The van der Waals surface area contributed by atoms with Crippen LogP contribution < -0.4 is 19.5 Å². The van der Waals surface area contributed by atoms with Gasteiger partial charge in [0, 0.05) is 25.8 Å². The second kappa shape index (κ2) is 8.68. The standard InChI is InChI=1S/C17H22N2O5S/c1-21-9-5-8-19-16(20)12(18-17(19)25)10-11-6-7-13(22-2)15(24-4)14(11)23-3/h6-7,10H,5,8-9H2,1-4H3,(H,18,25)/b12-10+. The van der Waals surface area contributed by atoms with Gasteiger partial charge in [0.1, 0.15) is 5.70 Å². The first-order valence-corrected chi connectivity index (χ1v) is 8.10. The summed E-state index contributed by atoms with van der Waals surface area (Å²) in [4.78, 5) is 14.1. The molecule has 2 rings (SSSR count). The summed E-state index contributed by atoms with van der Waals surface area (Å²) in [5.74, 6) is 1.30. The Balaban J connectivity index is 2.31. The van der Waals surface area contributed by atoms with Gasteiger partial charge in [0.15, 0.2) is 16.6 Å². The number of carbonyl (C=O) groups excluding carboxylic acids is 1. The number of rotatable bonds is 8. The van der Waals surface area contributed by atoms with Gasteiger partial charge in [0.2, 0.25) is 5.75 Å². The minimum absolute atomic E-state index is 0.182. The van der Waals surface area contributed by atoms with E-state index in [2.05, 4.69) is 5.32 Å². The van der Waals surface area contributed by atoms with Crippen molar-refractivity contribution in [2.75, 3.05) is 41.6 Å². The van der Waals surface area contributed by atoms with Crippen molar-refractivity contribution in [1.29, 1.82) is 0 Å². The first kappa shape index (κ1) is 19.0. The molecule has 1 amide bonds. The molecule has 0 aromatic heterocycles. The Bertz CT molecular complexity index is 690. The topological polar surface area (TPSA) is 69.3 Å². The fourth-order valence-electron chi connectivity index (χ4n) is 2.54. The van der Waals surface area contributed by atoms with Crippen molar-refractivity contribution in [2.45, 2.75) is 6.42 Å². The van der Waals surface area contributed by atoms with E-state index in [-0.39, 0.29) is 5.91 Å². The van der Waals surface area contributed by atoms with E-state index in [1.165, 1.54) is 19.1 Å². The highest BCUT2D eigenvalue weighted by atomic mass is 32.1.